The number of nitrogen functional groups attached to an aromatic ring is 4. The first-order chi connectivity index (χ1) is 23.3. The van der Waals surface area contributed by atoms with Crippen LogP contribution >= 0.6 is 81.2 Å². The number of hydrogen-bond donors (Lipinski definition) is 8. The minimum atomic E-state index is -4.43. The van der Waals surface area contributed by atoms with E-state index >= 15 is 0 Å². The summed E-state index contributed by atoms with van der Waals surface area (Å²) < 4.78 is 121. The van der Waals surface area contributed by atoms with Crippen LogP contribution in [0.15, 0.2) is 68.1 Å². The smallest absolute Gasteiger partial charge is 0.298 e. The molecule has 0 fully saturated rings. The SMILES string of the molecule is Cc1cc(S(=O)(=O)O)c(N)cc1Cl.Nc1c(Cl)ccc(Cl)c1S(=O)(=O)O.Nc1cc(Cl)c(Cl)cc1S(=O)(=O)O.Nc1cc(Cl)c(S(=O)(=O)O)cc1Cl. The minimum Gasteiger partial charge on any atom is -0.398 e. The molecule has 4 aromatic rings. The third kappa shape index (κ3) is 13.9. The first-order valence-electron chi connectivity index (χ1n) is 12.5. The molecule has 52 heavy (non-hydrogen) atoms. The molecule has 0 amide bonds. The maximum absolute atomic E-state index is 10.8. The number of benzene rings is 4. The van der Waals surface area contributed by atoms with Crippen LogP contribution in [0, 0.1) is 6.92 Å². The summed E-state index contributed by atoms with van der Waals surface area (Å²) in [6.45, 7) is 1.62. The van der Waals surface area contributed by atoms with Crippen molar-refractivity contribution in [2.24, 2.45) is 0 Å². The van der Waals surface area contributed by atoms with Crippen LogP contribution in [0.25, 0.3) is 0 Å². The molecule has 0 heterocycles. The van der Waals surface area contributed by atoms with E-state index in [9.17, 15) is 33.7 Å². The van der Waals surface area contributed by atoms with E-state index in [0.717, 1.165) is 24.3 Å². The van der Waals surface area contributed by atoms with E-state index in [1.807, 2.05) is 0 Å². The van der Waals surface area contributed by atoms with Crippen LogP contribution in [0.4, 0.5) is 22.7 Å². The highest BCUT2D eigenvalue weighted by molar-refractivity contribution is 7.86. The lowest BCUT2D eigenvalue weighted by atomic mass is 10.2. The Hall–Kier alpha value is -2.25. The Morgan fingerprint density at radius 1 is 0.423 bits per heavy atom. The summed E-state index contributed by atoms with van der Waals surface area (Å²) in [6.07, 6.45) is 0. The molecule has 0 aromatic heterocycles. The number of halogens is 7. The Morgan fingerprint density at radius 2 is 0.788 bits per heavy atom. The predicted octanol–water partition coefficient (Wildman–Crippen LogP) is 6.94. The van der Waals surface area contributed by atoms with E-state index in [0.29, 0.717) is 10.6 Å². The largest absolute Gasteiger partial charge is 0.398 e. The van der Waals surface area contributed by atoms with Crippen LogP contribution in [0.3, 0.4) is 0 Å². The van der Waals surface area contributed by atoms with E-state index in [4.69, 9.17) is 122 Å². The second-order valence-corrected chi connectivity index (χ2v) is 17.8. The molecule has 0 bridgehead atoms. The van der Waals surface area contributed by atoms with Gasteiger partial charge in [-0.3, -0.25) is 18.2 Å². The van der Waals surface area contributed by atoms with Crippen LogP contribution in [-0.4, -0.2) is 51.9 Å². The van der Waals surface area contributed by atoms with E-state index < -0.39 is 55.2 Å². The highest BCUT2D eigenvalue weighted by atomic mass is 35.5. The van der Waals surface area contributed by atoms with Gasteiger partial charge in [0, 0.05) is 5.02 Å². The van der Waals surface area contributed by atoms with Gasteiger partial charge in [0.1, 0.15) is 19.6 Å². The zero-order chi connectivity index (χ0) is 40.9. The normalized spacial score (nSPS) is 11.6. The Bertz CT molecular complexity index is 2250. The van der Waals surface area contributed by atoms with Crippen molar-refractivity contribution in [1.29, 1.82) is 0 Å². The van der Waals surface area contributed by atoms with Gasteiger partial charge in [0.05, 0.1) is 52.9 Å². The molecule has 0 atom stereocenters. The van der Waals surface area contributed by atoms with Gasteiger partial charge in [-0.15, -0.1) is 0 Å². The number of hydrogen-bond acceptors (Lipinski definition) is 12. The van der Waals surface area contributed by atoms with Gasteiger partial charge >= 0.3 is 0 Å². The summed E-state index contributed by atoms with van der Waals surface area (Å²) in [5, 5.41) is 0.239. The molecule has 0 saturated heterocycles. The van der Waals surface area contributed by atoms with Crippen LogP contribution < -0.4 is 22.9 Å². The summed E-state index contributed by atoms with van der Waals surface area (Å²) in [5.41, 5.74) is 21.5. The maximum atomic E-state index is 10.8. The average molecular weight is 948 g/mol. The van der Waals surface area contributed by atoms with Crippen molar-refractivity contribution in [3.63, 3.8) is 0 Å². The van der Waals surface area contributed by atoms with Gasteiger partial charge in [-0.05, 0) is 61.0 Å². The summed E-state index contributed by atoms with van der Waals surface area (Å²) in [5.74, 6) is 0. The fourth-order valence-corrected chi connectivity index (χ4v) is 7.73. The van der Waals surface area contributed by atoms with Crippen molar-refractivity contribution < 1.29 is 51.9 Å². The second kappa shape index (κ2) is 18.4. The van der Waals surface area contributed by atoms with Gasteiger partial charge in [0.2, 0.25) is 0 Å². The van der Waals surface area contributed by atoms with E-state index in [2.05, 4.69) is 0 Å². The van der Waals surface area contributed by atoms with E-state index in [1.54, 1.807) is 6.92 Å². The number of rotatable bonds is 4. The fraction of sp³-hybridized carbons (Fsp3) is 0.0400. The summed E-state index contributed by atoms with van der Waals surface area (Å²) >= 11 is 38.8. The highest BCUT2D eigenvalue weighted by Crippen LogP contribution is 2.33. The van der Waals surface area contributed by atoms with Gasteiger partial charge < -0.3 is 22.9 Å². The Balaban J connectivity index is 0.000000347. The Kier molecular flexibility index (Phi) is 16.9. The minimum absolute atomic E-state index is 0.0171. The molecule has 27 heteroatoms. The maximum Gasteiger partial charge on any atom is 0.298 e. The Labute approximate surface area is 332 Å². The molecule has 4 rings (SSSR count). The van der Waals surface area contributed by atoms with Crippen molar-refractivity contribution in [2.45, 2.75) is 26.5 Å². The van der Waals surface area contributed by atoms with Crippen molar-refractivity contribution in [2.75, 3.05) is 22.9 Å². The molecule has 0 saturated carbocycles. The third-order valence-electron chi connectivity index (χ3n) is 5.58. The fourth-order valence-electron chi connectivity index (χ4n) is 3.21. The number of aryl methyl sites for hydroxylation is 1. The first-order valence-corrected chi connectivity index (χ1v) is 20.9. The van der Waals surface area contributed by atoms with Crippen molar-refractivity contribution in [1.82, 2.24) is 0 Å². The van der Waals surface area contributed by atoms with Gasteiger partial charge in [-0.1, -0.05) is 81.2 Å². The lowest BCUT2D eigenvalue weighted by Crippen LogP contribution is -2.04. The summed E-state index contributed by atoms with van der Waals surface area (Å²) in [6, 6.07) is 9.41. The number of anilines is 4. The standard InChI is InChI=1S/C7H8ClNO3S.3C6H5Cl2NO3S/c1-4-2-7(13(10,11)12)6(9)3-5(4)8;7-3-2-6(13(10,11)12)4(8)1-5(3)9;7-3-1-5(9)6(2-4(3)8)13(10,11)12;7-3-1-2-4(8)6(5(3)9)13(10,11)12/h2-3H,9H2,1H3,(H,10,11,12);3*1-2H,9H2,(H,10,11,12). The highest BCUT2D eigenvalue weighted by Gasteiger charge is 2.20. The lowest BCUT2D eigenvalue weighted by molar-refractivity contribution is 0.481. The van der Waals surface area contributed by atoms with Gasteiger partial charge in [0.25, 0.3) is 40.5 Å². The second-order valence-electron chi connectivity index (χ2n) is 9.42. The van der Waals surface area contributed by atoms with E-state index in [-0.39, 0.29) is 57.8 Å². The van der Waals surface area contributed by atoms with Gasteiger partial charge in [0.15, 0.2) is 0 Å². The molecule has 0 aliphatic heterocycles. The monoisotopic (exact) mass is 944 g/mol. The molecule has 0 aliphatic rings. The first kappa shape index (κ1) is 47.8. The van der Waals surface area contributed by atoms with Crippen LogP contribution in [-0.2, 0) is 40.5 Å². The average Bonchev–Trinajstić information content (AvgIpc) is 2.95. The molecule has 12 N–H and O–H groups in total. The van der Waals surface area contributed by atoms with E-state index in [1.165, 1.54) is 24.3 Å². The molecule has 0 unspecified atom stereocenters. The Morgan fingerprint density at radius 3 is 1.21 bits per heavy atom. The van der Waals surface area contributed by atoms with Crippen LogP contribution in [0.5, 0.6) is 0 Å². The van der Waals surface area contributed by atoms with Crippen molar-refractivity contribution >= 4 is 144 Å². The molecular formula is C25H23Cl7N4O12S4. The molecule has 0 spiro atoms. The zero-order valence-electron chi connectivity index (χ0n) is 25.3. The summed E-state index contributed by atoms with van der Waals surface area (Å²) in [4.78, 5) is -1.76. The molecule has 0 aliphatic carbocycles. The topological polar surface area (TPSA) is 322 Å². The number of nitrogens with two attached hydrogens (primary N) is 4. The van der Waals surface area contributed by atoms with Crippen molar-refractivity contribution in [3.05, 3.63) is 89.3 Å². The summed E-state index contributed by atoms with van der Waals surface area (Å²) in [7, 11) is -17.4. The molecule has 0 radical (unpaired) electrons. The molecular weight excluding hydrogens is 925 g/mol. The van der Waals surface area contributed by atoms with Gasteiger partial charge in [-0.25, -0.2) is 0 Å². The van der Waals surface area contributed by atoms with Crippen LogP contribution in [0.2, 0.25) is 35.2 Å². The lowest BCUT2D eigenvalue weighted by Gasteiger charge is -2.05. The zero-order valence-corrected chi connectivity index (χ0v) is 33.8. The molecule has 16 nitrogen and oxygen atoms in total. The predicted molar refractivity (Wildman–Crippen MR) is 202 cm³/mol. The molecule has 4 aromatic carbocycles. The van der Waals surface area contributed by atoms with Crippen molar-refractivity contribution in [3.8, 4) is 0 Å². The van der Waals surface area contributed by atoms with Gasteiger partial charge in [-0.2, -0.15) is 33.7 Å². The molecule has 288 valence electrons. The van der Waals surface area contributed by atoms with Crippen LogP contribution in [0.1, 0.15) is 5.56 Å². The quantitative estimate of drug-likeness (QED) is 0.0758. The third-order valence-corrected chi connectivity index (χ3v) is 11.9.